The van der Waals surface area contributed by atoms with E-state index in [1.54, 1.807) is 29.8 Å². The van der Waals surface area contributed by atoms with Gasteiger partial charge in [0.15, 0.2) is 0 Å². The van der Waals surface area contributed by atoms with E-state index in [0.717, 1.165) is 41.2 Å². The molecule has 6 heteroatoms. The third-order valence-corrected chi connectivity index (χ3v) is 4.76. The van der Waals surface area contributed by atoms with Crippen LogP contribution < -0.4 is 10.6 Å². The van der Waals surface area contributed by atoms with Crippen LogP contribution in [0.3, 0.4) is 0 Å². The van der Waals surface area contributed by atoms with Crippen molar-refractivity contribution < 1.29 is 5.11 Å². The molecule has 0 fully saturated rings. The maximum absolute atomic E-state index is 9.58. The summed E-state index contributed by atoms with van der Waals surface area (Å²) in [4.78, 5) is 11.1. The molecule has 1 aliphatic heterocycles. The van der Waals surface area contributed by atoms with Gasteiger partial charge in [-0.3, -0.25) is 0 Å². The highest BCUT2D eigenvalue weighted by Crippen LogP contribution is 2.36. The second kappa shape index (κ2) is 4.98. The van der Waals surface area contributed by atoms with Crippen molar-refractivity contribution in [2.75, 3.05) is 11.9 Å². The van der Waals surface area contributed by atoms with E-state index in [0.29, 0.717) is 0 Å². The first kappa shape index (κ1) is 12.6. The van der Waals surface area contributed by atoms with Gasteiger partial charge in [0.1, 0.15) is 22.7 Å². The fourth-order valence-electron chi connectivity index (χ4n) is 2.67. The number of nitrogens with zero attached hydrogens (tertiary/aromatic N) is 2. The van der Waals surface area contributed by atoms with Gasteiger partial charge in [-0.2, -0.15) is 0 Å². The molecule has 0 unspecified atom stereocenters. The lowest BCUT2D eigenvalue weighted by molar-refractivity contribution is 0.475. The Bertz CT molecular complexity index is 815. The van der Waals surface area contributed by atoms with Crippen LogP contribution in [0, 0.1) is 0 Å². The second-order valence-corrected chi connectivity index (χ2v) is 6.09. The molecule has 1 aliphatic rings. The predicted molar refractivity (Wildman–Crippen MR) is 84.2 cm³/mol. The summed E-state index contributed by atoms with van der Waals surface area (Å²) in [6.07, 6.45) is 2.58. The van der Waals surface area contributed by atoms with Gasteiger partial charge >= 0.3 is 0 Å². The van der Waals surface area contributed by atoms with E-state index < -0.39 is 0 Å². The van der Waals surface area contributed by atoms with E-state index >= 15 is 0 Å². The van der Waals surface area contributed by atoms with Crippen LogP contribution in [0.5, 0.6) is 5.75 Å². The van der Waals surface area contributed by atoms with Gasteiger partial charge < -0.3 is 15.7 Å². The zero-order valence-electron chi connectivity index (χ0n) is 11.3. The summed E-state index contributed by atoms with van der Waals surface area (Å²) in [5, 5.41) is 17.4. The molecular formula is C15H14N4OS. The van der Waals surface area contributed by atoms with Crippen molar-refractivity contribution in [3.8, 4) is 5.75 Å². The van der Waals surface area contributed by atoms with E-state index in [9.17, 15) is 5.11 Å². The summed E-state index contributed by atoms with van der Waals surface area (Å²) in [5.41, 5.74) is 2.17. The fraction of sp³-hybridized carbons (Fsp3) is 0.200. The van der Waals surface area contributed by atoms with E-state index in [4.69, 9.17) is 0 Å². The van der Waals surface area contributed by atoms with Gasteiger partial charge in [0.25, 0.3) is 0 Å². The van der Waals surface area contributed by atoms with Gasteiger partial charge in [-0.1, -0.05) is 6.07 Å². The molecular weight excluding hydrogens is 284 g/mol. The monoisotopic (exact) mass is 298 g/mol. The van der Waals surface area contributed by atoms with Crippen molar-refractivity contribution in [1.82, 2.24) is 15.3 Å². The van der Waals surface area contributed by atoms with Crippen LogP contribution in [0.25, 0.3) is 10.2 Å². The molecule has 0 atom stereocenters. The third kappa shape index (κ3) is 2.22. The zero-order valence-corrected chi connectivity index (χ0v) is 12.1. The normalized spacial score (nSPS) is 14.1. The van der Waals surface area contributed by atoms with Gasteiger partial charge in [-0.25, -0.2) is 9.97 Å². The van der Waals surface area contributed by atoms with Crippen LogP contribution in [0.4, 0.5) is 11.5 Å². The Labute approximate surface area is 125 Å². The molecule has 5 nitrogen and oxygen atoms in total. The number of phenols is 1. The Kier molecular flexibility index (Phi) is 2.98. The molecule has 0 bridgehead atoms. The summed E-state index contributed by atoms with van der Waals surface area (Å²) in [7, 11) is 0. The highest BCUT2D eigenvalue weighted by Gasteiger charge is 2.19. The van der Waals surface area contributed by atoms with Crippen LogP contribution in [0.2, 0.25) is 0 Å². The minimum Gasteiger partial charge on any atom is -0.508 e. The van der Waals surface area contributed by atoms with Crippen LogP contribution in [0.15, 0.2) is 30.6 Å². The lowest BCUT2D eigenvalue weighted by atomic mass is 10.1. The summed E-state index contributed by atoms with van der Waals surface area (Å²) in [6, 6.07) is 7.06. The van der Waals surface area contributed by atoms with Crippen molar-refractivity contribution >= 4 is 33.1 Å². The van der Waals surface area contributed by atoms with Gasteiger partial charge in [-0.15, -0.1) is 11.3 Å². The minimum atomic E-state index is 0.238. The molecule has 0 amide bonds. The number of anilines is 2. The van der Waals surface area contributed by atoms with Crippen molar-refractivity contribution in [3.63, 3.8) is 0 Å². The molecule has 0 saturated heterocycles. The van der Waals surface area contributed by atoms with Crippen LogP contribution in [-0.4, -0.2) is 21.6 Å². The molecule has 2 aromatic heterocycles. The average molecular weight is 298 g/mol. The first-order valence-electron chi connectivity index (χ1n) is 6.83. The molecule has 0 saturated carbocycles. The van der Waals surface area contributed by atoms with Gasteiger partial charge in [-0.05, 0) is 30.7 Å². The molecule has 3 aromatic rings. The fourth-order valence-corrected chi connectivity index (χ4v) is 3.83. The zero-order chi connectivity index (χ0) is 14.2. The van der Waals surface area contributed by atoms with E-state index in [-0.39, 0.29) is 5.75 Å². The Morgan fingerprint density at radius 3 is 3.14 bits per heavy atom. The molecule has 4 rings (SSSR count). The summed E-state index contributed by atoms with van der Waals surface area (Å²) in [6.45, 7) is 1.89. The third-order valence-electron chi connectivity index (χ3n) is 3.62. The maximum Gasteiger partial charge on any atom is 0.142 e. The van der Waals surface area contributed by atoms with Crippen LogP contribution in [0.1, 0.15) is 10.4 Å². The average Bonchev–Trinajstić information content (AvgIpc) is 2.87. The smallest absolute Gasteiger partial charge is 0.142 e. The molecule has 21 heavy (non-hydrogen) atoms. The molecule has 106 valence electrons. The van der Waals surface area contributed by atoms with E-state index in [1.807, 2.05) is 12.1 Å². The van der Waals surface area contributed by atoms with Gasteiger partial charge in [0, 0.05) is 23.2 Å². The van der Waals surface area contributed by atoms with E-state index in [1.165, 1.54) is 10.4 Å². The summed E-state index contributed by atoms with van der Waals surface area (Å²) >= 11 is 1.72. The number of rotatable bonds is 2. The highest BCUT2D eigenvalue weighted by molar-refractivity contribution is 7.19. The van der Waals surface area contributed by atoms with Crippen LogP contribution in [-0.2, 0) is 13.0 Å². The lowest BCUT2D eigenvalue weighted by Crippen LogP contribution is -2.22. The number of fused-ring (bicyclic) bond motifs is 3. The number of thiophene rings is 1. The molecule has 3 heterocycles. The topological polar surface area (TPSA) is 70.1 Å². The molecule has 0 radical (unpaired) electrons. The highest BCUT2D eigenvalue weighted by atomic mass is 32.1. The summed E-state index contributed by atoms with van der Waals surface area (Å²) in [5.74, 6) is 1.05. The number of aromatic hydroxyl groups is 1. The first-order valence-corrected chi connectivity index (χ1v) is 7.65. The SMILES string of the molecule is Oc1cccc(Nc2ncnc3sc4c(c23)CCNC4)c1. The molecule has 0 spiro atoms. The quantitative estimate of drug-likeness (QED) is 0.678. The number of aromatic nitrogens is 2. The van der Waals surface area contributed by atoms with Crippen LogP contribution >= 0.6 is 11.3 Å². The number of phenolic OH excluding ortho intramolecular Hbond substituents is 1. The van der Waals surface area contributed by atoms with Crippen molar-refractivity contribution in [2.45, 2.75) is 13.0 Å². The van der Waals surface area contributed by atoms with Gasteiger partial charge in [0.05, 0.1) is 5.39 Å². The largest absolute Gasteiger partial charge is 0.508 e. The molecule has 3 N–H and O–H groups in total. The second-order valence-electron chi connectivity index (χ2n) is 5.01. The van der Waals surface area contributed by atoms with Crippen molar-refractivity contribution in [2.24, 2.45) is 0 Å². The van der Waals surface area contributed by atoms with E-state index in [2.05, 4.69) is 20.6 Å². The lowest BCUT2D eigenvalue weighted by Gasteiger charge is -2.13. The standard InChI is InChI=1S/C15H14N4OS/c20-10-3-1-2-9(6-10)19-14-13-11-4-5-16-7-12(11)21-15(13)18-8-17-14/h1-3,6,8,16,20H,4-5,7H2,(H,17,18,19). The Balaban J connectivity index is 1.83. The molecule has 1 aromatic carbocycles. The first-order chi connectivity index (χ1) is 10.3. The Morgan fingerprint density at radius 2 is 2.24 bits per heavy atom. The van der Waals surface area contributed by atoms with Crippen molar-refractivity contribution in [3.05, 3.63) is 41.0 Å². The Hall–Kier alpha value is -2.18. The number of benzene rings is 1. The number of hydrogen-bond acceptors (Lipinski definition) is 6. The number of hydrogen-bond donors (Lipinski definition) is 3. The summed E-state index contributed by atoms with van der Waals surface area (Å²) < 4.78 is 0. The minimum absolute atomic E-state index is 0.238. The van der Waals surface area contributed by atoms with Crippen molar-refractivity contribution in [1.29, 1.82) is 0 Å². The maximum atomic E-state index is 9.58. The number of nitrogens with one attached hydrogen (secondary N) is 2. The Morgan fingerprint density at radius 1 is 1.29 bits per heavy atom. The predicted octanol–water partition coefficient (Wildman–Crippen LogP) is 2.79. The van der Waals surface area contributed by atoms with Gasteiger partial charge in [0.2, 0.25) is 0 Å². The molecule has 0 aliphatic carbocycles.